The Kier molecular flexibility index (Phi) is 5.80. The lowest BCUT2D eigenvalue weighted by molar-refractivity contribution is -0.0511. The fraction of sp³-hybridized carbons (Fsp3) is 0.353. The molecule has 29 heavy (non-hydrogen) atoms. The van der Waals surface area contributed by atoms with Crippen molar-refractivity contribution in [1.82, 2.24) is 19.5 Å². The van der Waals surface area contributed by atoms with E-state index in [4.69, 9.17) is 39.5 Å². The molecule has 3 heterocycles. The van der Waals surface area contributed by atoms with Gasteiger partial charge in [-0.3, -0.25) is 4.57 Å². The van der Waals surface area contributed by atoms with E-state index >= 15 is 0 Å². The number of benzene rings is 1. The van der Waals surface area contributed by atoms with Gasteiger partial charge in [0.25, 0.3) is 0 Å². The van der Waals surface area contributed by atoms with Crippen LogP contribution in [0.15, 0.2) is 24.8 Å². The number of nitrogens with zero attached hydrogens (tertiary/aromatic N) is 4. The van der Waals surface area contributed by atoms with E-state index in [9.17, 15) is 15.3 Å². The van der Waals surface area contributed by atoms with Gasteiger partial charge in [-0.1, -0.05) is 34.8 Å². The minimum Gasteiger partial charge on any atom is -0.394 e. The van der Waals surface area contributed by atoms with Gasteiger partial charge in [0.05, 0.1) is 23.0 Å². The molecule has 4 atom stereocenters. The minimum atomic E-state index is -1.25. The molecule has 0 saturated carbocycles. The number of aliphatic hydroxyl groups is 3. The first-order valence-electron chi connectivity index (χ1n) is 8.58. The van der Waals surface area contributed by atoms with E-state index in [-0.39, 0.29) is 6.54 Å². The number of fused-ring (bicyclic) bond motifs is 1. The Morgan fingerprint density at radius 1 is 1.10 bits per heavy atom. The first kappa shape index (κ1) is 20.5. The van der Waals surface area contributed by atoms with E-state index in [1.54, 1.807) is 12.1 Å². The Morgan fingerprint density at radius 2 is 1.90 bits per heavy atom. The van der Waals surface area contributed by atoms with Crippen LogP contribution in [0.4, 0.5) is 5.82 Å². The van der Waals surface area contributed by atoms with E-state index in [0.717, 1.165) is 0 Å². The highest BCUT2D eigenvalue weighted by atomic mass is 35.5. The van der Waals surface area contributed by atoms with Crippen molar-refractivity contribution >= 4 is 51.8 Å². The Balaban J connectivity index is 1.62. The zero-order valence-electron chi connectivity index (χ0n) is 14.7. The van der Waals surface area contributed by atoms with Crippen LogP contribution in [0.2, 0.25) is 15.1 Å². The second-order valence-electron chi connectivity index (χ2n) is 6.49. The second kappa shape index (κ2) is 8.19. The topological polar surface area (TPSA) is 126 Å². The summed E-state index contributed by atoms with van der Waals surface area (Å²) in [6.07, 6.45) is -1.57. The molecule has 2 aromatic heterocycles. The number of halogens is 3. The summed E-state index contributed by atoms with van der Waals surface area (Å²) >= 11 is 18.3. The van der Waals surface area contributed by atoms with Gasteiger partial charge in [0.1, 0.15) is 24.6 Å². The van der Waals surface area contributed by atoms with Crippen molar-refractivity contribution in [2.45, 2.75) is 31.1 Å². The third kappa shape index (κ3) is 3.75. The third-order valence-corrected chi connectivity index (χ3v) is 5.72. The Hall–Kier alpha value is -1.72. The highest BCUT2D eigenvalue weighted by Gasteiger charge is 2.44. The molecule has 0 unspecified atom stereocenters. The normalized spacial score (nSPS) is 24.3. The zero-order valence-corrected chi connectivity index (χ0v) is 17.0. The van der Waals surface area contributed by atoms with Crippen LogP contribution in [-0.2, 0) is 11.3 Å². The fourth-order valence-electron chi connectivity index (χ4n) is 3.19. The summed E-state index contributed by atoms with van der Waals surface area (Å²) in [6.45, 7) is -0.141. The van der Waals surface area contributed by atoms with Crippen LogP contribution < -0.4 is 5.32 Å². The van der Waals surface area contributed by atoms with Crippen LogP contribution in [0.1, 0.15) is 11.8 Å². The molecule has 1 saturated heterocycles. The predicted octanol–water partition coefficient (Wildman–Crippen LogP) is 2.01. The van der Waals surface area contributed by atoms with Crippen molar-refractivity contribution < 1.29 is 20.1 Å². The van der Waals surface area contributed by atoms with Gasteiger partial charge in [0.15, 0.2) is 23.2 Å². The molecule has 4 rings (SSSR count). The molecule has 9 nitrogen and oxygen atoms in total. The molecule has 154 valence electrons. The van der Waals surface area contributed by atoms with Gasteiger partial charge < -0.3 is 25.4 Å². The van der Waals surface area contributed by atoms with Crippen molar-refractivity contribution in [3.63, 3.8) is 0 Å². The maximum absolute atomic E-state index is 10.3. The number of hydrogen-bond acceptors (Lipinski definition) is 8. The number of aliphatic hydroxyl groups excluding tert-OH is 3. The predicted molar refractivity (Wildman–Crippen MR) is 107 cm³/mol. The van der Waals surface area contributed by atoms with E-state index in [0.29, 0.717) is 37.6 Å². The minimum absolute atomic E-state index is 0.284. The Labute approximate surface area is 179 Å². The van der Waals surface area contributed by atoms with Crippen LogP contribution in [0.3, 0.4) is 0 Å². The van der Waals surface area contributed by atoms with E-state index < -0.39 is 31.1 Å². The average Bonchev–Trinajstić information content (AvgIpc) is 3.25. The summed E-state index contributed by atoms with van der Waals surface area (Å²) in [5.41, 5.74) is 1.49. The van der Waals surface area contributed by atoms with Crippen molar-refractivity contribution in [3.8, 4) is 0 Å². The SMILES string of the molecule is OC[C@H]1O[C@@H](n2cnc3c(NCc4cc(Cl)cc(Cl)c4Cl)ncnc32)[C@H](O)[C@@H]1O. The van der Waals surface area contributed by atoms with Crippen LogP contribution in [0.5, 0.6) is 0 Å². The average molecular weight is 461 g/mol. The van der Waals surface area contributed by atoms with Crippen LogP contribution in [0.25, 0.3) is 11.2 Å². The molecule has 4 N–H and O–H groups in total. The molecule has 1 fully saturated rings. The third-order valence-electron chi connectivity index (χ3n) is 4.66. The molecule has 12 heteroatoms. The summed E-state index contributed by atoms with van der Waals surface area (Å²) in [5.74, 6) is 0.424. The molecular weight excluding hydrogens is 445 g/mol. The summed E-state index contributed by atoms with van der Waals surface area (Å²) in [6, 6.07) is 3.25. The first-order valence-corrected chi connectivity index (χ1v) is 9.71. The van der Waals surface area contributed by atoms with E-state index in [1.807, 2.05) is 0 Å². The van der Waals surface area contributed by atoms with Gasteiger partial charge in [-0.05, 0) is 17.7 Å². The number of anilines is 1. The monoisotopic (exact) mass is 459 g/mol. The van der Waals surface area contributed by atoms with Crippen molar-refractivity contribution in [1.29, 1.82) is 0 Å². The number of imidazole rings is 1. The van der Waals surface area contributed by atoms with E-state index in [1.165, 1.54) is 17.2 Å². The maximum Gasteiger partial charge on any atom is 0.167 e. The molecule has 0 radical (unpaired) electrons. The number of aromatic nitrogens is 4. The molecule has 0 bridgehead atoms. The zero-order chi connectivity index (χ0) is 20.7. The van der Waals surface area contributed by atoms with Crippen molar-refractivity contribution in [2.24, 2.45) is 0 Å². The van der Waals surface area contributed by atoms with Gasteiger partial charge in [-0.2, -0.15) is 0 Å². The van der Waals surface area contributed by atoms with Gasteiger partial charge in [-0.25, -0.2) is 15.0 Å². The van der Waals surface area contributed by atoms with Crippen LogP contribution in [-0.4, -0.2) is 59.8 Å². The number of hydrogen-bond donors (Lipinski definition) is 4. The maximum atomic E-state index is 10.3. The largest absolute Gasteiger partial charge is 0.394 e. The number of nitrogens with one attached hydrogen (secondary N) is 1. The molecule has 3 aromatic rings. The van der Waals surface area contributed by atoms with Crippen molar-refractivity contribution in [3.05, 3.63) is 45.4 Å². The molecular formula is C17H16Cl3N5O4. The standard InChI is InChI=1S/C17H16Cl3N5O4/c18-8-1-7(11(20)9(19)2-8)3-21-15-12-16(23-5-22-15)25(6-24-12)17-14(28)13(27)10(4-26)29-17/h1-2,5-6,10,13-14,17,26-28H,3-4H2,(H,21,22,23)/t10-,13-,14-,17-/m1/s1. The number of rotatable bonds is 5. The summed E-state index contributed by atoms with van der Waals surface area (Å²) < 4.78 is 7.03. The molecule has 0 amide bonds. The number of ether oxygens (including phenoxy) is 1. The molecule has 0 spiro atoms. The quantitative estimate of drug-likeness (QED) is 0.426. The highest BCUT2D eigenvalue weighted by molar-refractivity contribution is 6.43. The Bertz CT molecular complexity index is 1050. The van der Waals surface area contributed by atoms with E-state index in [2.05, 4.69) is 20.3 Å². The summed E-state index contributed by atoms with van der Waals surface area (Å²) in [4.78, 5) is 12.7. The molecule has 1 aliphatic rings. The van der Waals surface area contributed by atoms with Crippen molar-refractivity contribution in [2.75, 3.05) is 11.9 Å². The lowest BCUT2D eigenvalue weighted by Gasteiger charge is -2.16. The van der Waals surface area contributed by atoms with Gasteiger partial charge >= 0.3 is 0 Å². The Morgan fingerprint density at radius 3 is 2.62 bits per heavy atom. The molecule has 1 aromatic carbocycles. The highest BCUT2D eigenvalue weighted by Crippen LogP contribution is 2.33. The first-order chi connectivity index (χ1) is 13.9. The van der Waals surface area contributed by atoms with Gasteiger partial charge in [-0.15, -0.1) is 0 Å². The van der Waals surface area contributed by atoms with Gasteiger partial charge in [0, 0.05) is 11.6 Å². The van der Waals surface area contributed by atoms with Crippen LogP contribution >= 0.6 is 34.8 Å². The molecule has 1 aliphatic heterocycles. The lowest BCUT2D eigenvalue weighted by atomic mass is 10.1. The molecule has 0 aliphatic carbocycles. The van der Waals surface area contributed by atoms with Gasteiger partial charge in [0.2, 0.25) is 0 Å². The smallest absolute Gasteiger partial charge is 0.167 e. The van der Waals surface area contributed by atoms with Crippen LogP contribution in [0, 0.1) is 0 Å². The summed E-state index contributed by atoms with van der Waals surface area (Å²) in [5, 5.41) is 33.8. The lowest BCUT2D eigenvalue weighted by Crippen LogP contribution is -2.33. The summed E-state index contributed by atoms with van der Waals surface area (Å²) in [7, 11) is 0. The second-order valence-corrected chi connectivity index (χ2v) is 7.71. The fourth-order valence-corrected chi connectivity index (χ4v) is 3.91.